The zero-order valence-electron chi connectivity index (χ0n) is 23.9. The quantitative estimate of drug-likeness (QED) is 0.306. The molecular weight excluding hydrogens is 598 g/mol. The maximum absolute atomic E-state index is 14.0. The van der Waals surface area contributed by atoms with Gasteiger partial charge in [-0.05, 0) is 95.1 Å². The third-order valence-electron chi connectivity index (χ3n) is 8.09. The first kappa shape index (κ1) is 29.0. The number of anilines is 1. The molecule has 0 amide bonds. The molecule has 1 aliphatic carbocycles. The lowest BCUT2D eigenvalue weighted by Gasteiger charge is -2.44. The van der Waals surface area contributed by atoms with Gasteiger partial charge in [0.1, 0.15) is 18.2 Å². The third kappa shape index (κ3) is 5.29. The number of benzene rings is 3. The van der Waals surface area contributed by atoms with Crippen molar-refractivity contribution < 1.29 is 9.53 Å². The van der Waals surface area contributed by atoms with Gasteiger partial charge in [0, 0.05) is 22.7 Å². The van der Waals surface area contributed by atoms with Crippen molar-refractivity contribution in [2.24, 2.45) is 11.1 Å². The van der Waals surface area contributed by atoms with Crippen molar-refractivity contribution in [2.75, 3.05) is 4.90 Å². The minimum absolute atomic E-state index is 0.0399. The number of hydrogen-bond acceptors (Lipinski definition) is 5. The molecule has 7 heteroatoms. The first-order valence-electron chi connectivity index (χ1n) is 13.6. The summed E-state index contributed by atoms with van der Waals surface area (Å²) in [5.74, 6) is 0.547. The molecular formula is C34H33BrClN3O2. The Labute approximate surface area is 255 Å². The zero-order valence-corrected chi connectivity index (χ0v) is 26.3. The van der Waals surface area contributed by atoms with Crippen LogP contribution in [0.3, 0.4) is 0 Å². The Hall–Kier alpha value is -3.53. The first-order chi connectivity index (χ1) is 19.4. The predicted molar refractivity (Wildman–Crippen MR) is 168 cm³/mol. The molecule has 2 N–H and O–H groups in total. The smallest absolute Gasteiger partial charge is 0.162 e. The van der Waals surface area contributed by atoms with Gasteiger partial charge in [0.15, 0.2) is 5.78 Å². The number of aryl methyl sites for hydroxylation is 1. The maximum atomic E-state index is 14.0. The second-order valence-electron chi connectivity index (χ2n) is 11.7. The predicted octanol–water partition coefficient (Wildman–Crippen LogP) is 8.55. The fourth-order valence-electron chi connectivity index (χ4n) is 6.06. The Morgan fingerprint density at radius 1 is 1.10 bits per heavy atom. The molecule has 0 radical (unpaired) electrons. The molecule has 0 aromatic heterocycles. The van der Waals surface area contributed by atoms with Crippen LogP contribution in [0.2, 0.25) is 5.02 Å². The van der Waals surface area contributed by atoms with Gasteiger partial charge >= 0.3 is 0 Å². The van der Waals surface area contributed by atoms with Crippen molar-refractivity contribution >= 4 is 39.0 Å². The van der Waals surface area contributed by atoms with E-state index in [0.717, 1.165) is 49.4 Å². The van der Waals surface area contributed by atoms with Crippen LogP contribution in [0.1, 0.15) is 60.4 Å². The number of nitriles is 1. The van der Waals surface area contributed by atoms with E-state index in [2.05, 4.69) is 48.0 Å². The van der Waals surface area contributed by atoms with E-state index in [1.807, 2.05) is 68.1 Å². The Morgan fingerprint density at radius 3 is 2.54 bits per heavy atom. The van der Waals surface area contributed by atoms with Gasteiger partial charge in [0.05, 0.1) is 27.7 Å². The third-order valence-corrected chi connectivity index (χ3v) is 9.16. The van der Waals surface area contributed by atoms with E-state index in [0.29, 0.717) is 41.4 Å². The van der Waals surface area contributed by atoms with Crippen molar-refractivity contribution in [2.45, 2.75) is 60.0 Å². The van der Waals surface area contributed by atoms with Crippen molar-refractivity contribution in [1.29, 1.82) is 5.26 Å². The minimum atomic E-state index is -0.573. The van der Waals surface area contributed by atoms with Crippen LogP contribution in [0.25, 0.3) is 0 Å². The van der Waals surface area contributed by atoms with Gasteiger partial charge in [-0.25, -0.2) is 0 Å². The van der Waals surface area contributed by atoms with Gasteiger partial charge in [0.2, 0.25) is 0 Å². The standard InChI is InChI=1S/C34H33BrClN3O2/c1-19-13-22(18-41-30-12-7-6-9-25(30)35)20(2)23(14-19)31-24(17-37)33(38)39(27-11-8-10-26(36)21(27)3)28-15-34(4,5)16-29(40)32(28)31/h6-14,31H,15-16,18,38H2,1-5H3. The summed E-state index contributed by atoms with van der Waals surface area (Å²) in [5, 5.41) is 11.2. The van der Waals surface area contributed by atoms with E-state index >= 15 is 0 Å². The molecule has 1 aliphatic heterocycles. The second kappa shape index (κ2) is 11.0. The van der Waals surface area contributed by atoms with Crippen LogP contribution in [0, 0.1) is 37.5 Å². The molecule has 1 heterocycles. The van der Waals surface area contributed by atoms with Crippen molar-refractivity contribution in [3.63, 3.8) is 0 Å². The lowest BCUT2D eigenvalue weighted by atomic mass is 9.67. The summed E-state index contributed by atoms with van der Waals surface area (Å²) in [6.07, 6.45) is 1.03. The number of ether oxygens (including phenoxy) is 1. The molecule has 1 atom stereocenters. The Morgan fingerprint density at radius 2 is 1.83 bits per heavy atom. The van der Waals surface area contributed by atoms with Crippen LogP contribution in [-0.2, 0) is 11.4 Å². The number of carbonyl (C=O) groups is 1. The number of Topliss-reactive ketones (excluding diaryl/α,β-unsaturated/α-hetero) is 1. The van der Waals surface area contributed by atoms with Gasteiger partial charge in [-0.3, -0.25) is 9.69 Å². The van der Waals surface area contributed by atoms with Crippen LogP contribution in [0.15, 0.2) is 81.7 Å². The van der Waals surface area contributed by atoms with Gasteiger partial charge in [-0.1, -0.05) is 61.3 Å². The lowest BCUT2D eigenvalue weighted by Crippen LogP contribution is -2.42. The molecule has 3 aromatic rings. The number of rotatable bonds is 5. The average molecular weight is 631 g/mol. The normalized spacial score (nSPS) is 18.3. The molecule has 1 unspecified atom stereocenters. The minimum Gasteiger partial charge on any atom is -0.488 e. The van der Waals surface area contributed by atoms with Gasteiger partial charge < -0.3 is 10.5 Å². The van der Waals surface area contributed by atoms with E-state index in [1.165, 1.54) is 0 Å². The SMILES string of the molecule is Cc1cc(COc2ccccc2Br)c(C)c(C2C(C#N)=C(N)N(c3cccc(Cl)c3C)C3=C2C(=O)CC(C)(C)C3)c1. The summed E-state index contributed by atoms with van der Waals surface area (Å²) < 4.78 is 7.06. The molecule has 0 saturated heterocycles. The molecule has 210 valence electrons. The Bertz CT molecular complexity index is 1680. The number of hydrogen-bond donors (Lipinski definition) is 1. The molecule has 0 spiro atoms. The van der Waals surface area contributed by atoms with Gasteiger partial charge in [-0.15, -0.1) is 0 Å². The van der Waals surface area contributed by atoms with Crippen LogP contribution in [-0.4, -0.2) is 5.78 Å². The number of nitrogens with zero attached hydrogens (tertiary/aromatic N) is 2. The van der Waals surface area contributed by atoms with Crippen LogP contribution < -0.4 is 15.4 Å². The Kier molecular flexibility index (Phi) is 7.80. The summed E-state index contributed by atoms with van der Waals surface area (Å²) in [5.41, 5.74) is 14.0. The van der Waals surface area contributed by atoms with Gasteiger partial charge in [0.25, 0.3) is 0 Å². The van der Waals surface area contributed by atoms with E-state index in [1.54, 1.807) is 0 Å². The van der Waals surface area contributed by atoms with E-state index < -0.39 is 5.92 Å². The number of halogens is 2. The molecule has 5 rings (SSSR count). The van der Waals surface area contributed by atoms with Crippen molar-refractivity contribution in [3.05, 3.63) is 115 Å². The molecule has 0 saturated carbocycles. The molecule has 3 aromatic carbocycles. The maximum Gasteiger partial charge on any atom is 0.162 e. The Balaban J connectivity index is 1.70. The highest BCUT2D eigenvalue weighted by molar-refractivity contribution is 9.10. The molecule has 0 fully saturated rings. The monoisotopic (exact) mass is 629 g/mol. The summed E-state index contributed by atoms with van der Waals surface area (Å²) in [4.78, 5) is 15.9. The van der Waals surface area contributed by atoms with Crippen LogP contribution in [0.4, 0.5) is 5.69 Å². The largest absolute Gasteiger partial charge is 0.488 e. The highest BCUT2D eigenvalue weighted by Crippen LogP contribution is 2.51. The summed E-state index contributed by atoms with van der Waals surface area (Å²) in [6, 6.07) is 19.9. The van der Waals surface area contributed by atoms with Crippen molar-refractivity contribution in [3.8, 4) is 11.8 Å². The van der Waals surface area contributed by atoms with E-state index in [9.17, 15) is 10.1 Å². The summed E-state index contributed by atoms with van der Waals surface area (Å²) in [6.45, 7) is 10.5. The van der Waals surface area contributed by atoms with Crippen molar-refractivity contribution in [1.82, 2.24) is 0 Å². The molecule has 2 aliphatic rings. The van der Waals surface area contributed by atoms with E-state index in [-0.39, 0.29) is 11.2 Å². The van der Waals surface area contributed by atoms with Crippen LogP contribution >= 0.6 is 27.5 Å². The summed E-state index contributed by atoms with van der Waals surface area (Å²) in [7, 11) is 0. The number of para-hydroxylation sites is 1. The fraction of sp³-hybridized carbons (Fsp3) is 0.294. The lowest BCUT2D eigenvalue weighted by molar-refractivity contribution is -0.118. The highest BCUT2D eigenvalue weighted by Gasteiger charge is 2.45. The molecule has 5 nitrogen and oxygen atoms in total. The molecule has 41 heavy (non-hydrogen) atoms. The highest BCUT2D eigenvalue weighted by atomic mass is 79.9. The van der Waals surface area contributed by atoms with E-state index in [4.69, 9.17) is 22.1 Å². The topological polar surface area (TPSA) is 79.3 Å². The second-order valence-corrected chi connectivity index (χ2v) is 13.0. The number of ketones is 1. The zero-order chi connectivity index (χ0) is 29.6. The molecule has 0 bridgehead atoms. The fourth-order valence-corrected chi connectivity index (χ4v) is 6.63. The summed E-state index contributed by atoms with van der Waals surface area (Å²) >= 11 is 10.1. The number of carbonyl (C=O) groups excluding carboxylic acids is 1. The first-order valence-corrected chi connectivity index (χ1v) is 14.8. The number of nitrogens with two attached hydrogens (primary N) is 1. The van der Waals surface area contributed by atoms with Gasteiger partial charge in [-0.2, -0.15) is 5.26 Å². The number of allylic oxidation sites excluding steroid dienone is 3. The average Bonchev–Trinajstić information content (AvgIpc) is 2.90. The van der Waals surface area contributed by atoms with Crippen LogP contribution in [0.5, 0.6) is 5.75 Å².